The first-order chi connectivity index (χ1) is 10.5. The molecule has 0 saturated carbocycles. The summed E-state index contributed by atoms with van der Waals surface area (Å²) >= 11 is 1.57. The summed E-state index contributed by atoms with van der Waals surface area (Å²) in [5, 5.41) is 3.72. The Kier molecular flexibility index (Phi) is 5.22. The van der Waals surface area contributed by atoms with Gasteiger partial charge < -0.3 is 14.8 Å². The minimum absolute atomic E-state index is 0.156. The molecule has 2 aromatic rings. The van der Waals surface area contributed by atoms with Crippen LogP contribution in [0.15, 0.2) is 30.3 Å². The molecule has 1 amide bonds. The molecule has 0 atom stereocenters. The Morgan fingerprint density at radius 3 is 2.45 bits per heavy atom. The normalized spacial score (nSPS) is 10.7. The van der Waals surface area contributed by atoms with E-state index in [0.29, 0.717) is 11.5 Å². The van der Waals surface area contributed by atoms with Crippen LogP contribution in [0.25, 0.3) is 6.08 Å². The Morgan fingerprint density at radius 2 is 1.86 bits per heavy atom. The van der Waals surface area contributed by atoms with Crippen LogP contribution in [-0.2, 0) is 4.79 Å². The second-order valence-corrected chi connectivity index (χ2v) is 6.04. The zero-order chi connectivity index (χ0) is 16.1. The molecule has 0 bridgehead atoms. The molecule has 0 aliphatic rings. The Hall–Kier alpha value is -2.27. The van der Waals surface area contributed by atoms with Gasteiger partial charge in [-0.25, -0.2) is 0 Å². The van der Waals surface area contributed by atoms with Gasteiger partial charge in [0.05, 0.1) is 19.2 Å². The maximum absolute atomic E-state index is 11.9. The maximum Gasteiger partial charge on any atom is 0.248 e. The summed E-state index contributed by atoms with van der Waals surface area (Å²) in [5.74, 6) is 1.14. The lowest BCUT2D eigenvalue weighted by molar-refractivity contribution is -0.111. The number of aryl methyl sites for hydroxylation is 2. The molecule has 0 radical (unpaired) electrons. The highest BCUT2D eigenvalue weighted by molar-refractivity contribution is 7.16. The predicted molar refractivity (Wildman–Crippen MR) is 91.0 cm³/mol. The van der Waals surface area contributed by atoms with E-state index in [0.717, 1.165) is 10.6 Å². The lowest BCUT2D eigenvalue weighted by atomic mass is 10.2. The summed E-state index contributed by atoms with van der Waals surface area (Å²) in [6, 6.07) is 7.47. The molecule has 1 N–H and O–H groups in total. The molecule has 4 nitrogen and oxygen atoms in total. The van der Waals surface area contributed by atoms with Gasteiger partial charge in [0, 0.05) is 11.0 Å². The predicted octanol–water partition coefficient (Wildman–Crippen LogP) is 4.03. The second-order valence-electron chi connectivity index (χ2n) is 4.79. The third-order valence-electron chi connectivity index (χ3n) is 3.25. The number of methoxy groups -OCH3 is 2. The number of benzene rings is 1. The molecular weight excluding hydrogens is 298 g/mol. The highest BCUT2D eigenvalue weighted by Crippen LogP contribution is 2.28. The molecule has 1 aromatic heterocycles. The fourth-order valence-corrected chi connectivity index (χ4v) is 2.86. The Balaban J connectivity index is 2.06. The first kappa shape index (κ1) is 16.1. The summed E-state index contributed by atoms with van der Waals surface area (Å²) in [6.45, 7) is 4.07. The van der Waals surface area contributed by atoms with E-state index >= 15 is 0 Å². The van der Waals surface area contributed by atoms with E-state index in [4.69, 9.17) is 9.47 Å². The van der Waals surface area contributed by atoms with Crippen LogP contribution in [-0.4, -0.2) is 20.1 Å². The third kappa shape index (κ3) is 3.89. The van der Waals surface area contributed by atoms with E-state index in [-0.39, 0.29) is 5.91 Å². The molecule has 22 heavy (non-hydrogen) atoms. The van der Waals surface area contributed by atoms with Gasteiger partial charge in [0.1, 0.15) is 0 Å². The number of anilines is 1. The van der Waals surface area contributed by atoms with Crippen LogP contribution in [0.1, 0.15) is 16.0 Å². The fourth-order valence-electron chi connectivity index (χ4n) is 1.93. The SMILES string of the molecule is COc1ccc(/C=C/C(=O)Nc2cc(C)c(C)s2)cc1OC. The quantitative estimate of drug-likeness (QED) is 0.847. The minimum atomic E-state index is -0.156. The first-order valence-corrected chi connectivity index (χ1v) is 7.63. The van der Waals surface area contributed by atoms with E-state index in [9.17, 15) is 4.79 Å². The topological polar surface area (TPSA) is 47.6 Å². The number of nitrogens with one attached hydrogen (secondary N) is 1. The van der Waals surface area contributed by atoms with Crippen LogP contribution < -0.4 is 14.8 Å². The van der Waals surface area contributed by atoms with Crippen molar-refractivity contribution in [1.29, 1.82) is 0 Å². The molecule has 0 aliphatic carbocycles. The van der Waals surface area contributed by atoms with Crippen LogP contribution in [0.4, 0.5) is 5.00 Å². The standard InChI is InChI=1S/C17H19NO3S/c1-11-9-17(22-12(11)2)18-16(19)8-6-13-5-7-14(20-3)15(10-13)21-4/h5-10H,1-4H3,(H,18,19)/b8-6+. The van der Waals surface area contributed by atoms with Gasteiger partial charge in [-0.15, -0.1) is 11.3 Å². The molecule has 5 heteroatoms. The molecule has 0 spiro atoms. The van der Waals surface area contributed by atoms with Crippen molar-refractivity contribution in [3.8, 4) is 11.5 Å². The van der Waals surface area contributed by atoms with Crippen molar-refractivity contribution >= 4 is 28.3 Å². The van der Waals surface area contributed by atoms with Crippen molar-refractivity contribution in [3.05, 3.63) is 46.3 Å². The third-order valence-corrected chi connectivity index (χ3v) is 4.32. The summed E-state index contributed by atoms with van der Waals surface area (Å²) < 4.78 is 10.4. The smallest absolute Gasteiger partial charge is 0.248 e. The van der Waals surface area contributed by atoms with Gasteiger partial charge in [-0.05, 0) is 49.2 Å². The van der Waals surface area contributed by atoms with Crippen LogP contribution in [0.2, 0.25) is 0 Å². The van der Waals surface area contributed by atoms with Crippen LogP contribution in [0, 0.1) is 13.8 Å². The monoisotopic (exact) mass is 317 g/mol. The van der Waals surface area contributed by atoms with Crippen molar-refractivity contribution in [2.75, 3.05) is 19.5 Å². The molecule has 1 aromatic carbocycles. The van der Waals surface area contributed by atoms with Gasteiger partial charge in [-0.2, -0.15) is 0 Å². The van der Waals surface area contributed by atoms with Gasteiger partial charge in [0.15, 0.2) is 11.5 Å². The zero-order valence-corrected chi connectivity index (χ0v) is 13.9. The van der Waals surface area contributed by atoms with Crippen LogP contribution in [0.3, 0.4) is 0 Å². The van der Waals surface area contributed by atoms with Gasteiger partial charge in [0.2, 0.25) is 5.91 Å². The number of amides is 1. The van der Waals surface area contributed by atoms with Crippen molar-refractivity contribution in [1.82, 2.24) is 0 Å². The number of hydrogen-bond donors (Lipinski definition) is 1. The van der Waals surface area contributed by atoms with Crippen molar-refractivity contribution in [3.63, 3.8) is 0 Å². The van der Waals surface area contributed by atoms with Crippen molar-refractivity contribution in [2.24, 2.45) is 0 Å². The van der Waals surface area contributed by atoms with Gasteiger partial charge in [-0.1, -0.05) is 6.07 Å². The summed E-state index contributed by atoms with van der Waals surface area (Å²) in [5.41, 5.74) is 2.05. The highest BCUT2D eigenvalue weighted by atomic mass is 32.1. The van der Waals surface area contributed by atoms with Gasteiger partial charge in [0.25, 0.3) is 0 Å². The van der Waals surface area contributed by atoms with Crippen molar-refractivity contribution < 1.29 is 14.3 Å². The van der Waals surface area contributed by atoms with Crippen LogP contribution >= 0.6 is 11.3 Å². The zero-order valence-electron chi connectivity index (χ0n) is 13.1. The molecule has 0 unspecified atom stereocenters. The van der Waals surface area contributed by atoms with Gasteiger partial charge in [-0.3, -0.25) is 4.79 Å². The molecule has 2 rings (SSSR count). The number of thiophene rings is 1. The molecule has 1 heterocycles. The summed E-state index contributed by atoms with van der Waals surface area (Å²) in [7, 11) is 3.17. The van der Waals surface area contributed by atoms with Gasteiger partial charge >= 0.3 is 0 Å². The lowest BCUT2D eigenvalue weighted by Crippen LogP contribution is -2.06. The van der Waals surface area contributed by atoms with Crippen LogP contribution in [0.5, 0.6) is 11.5 Å². The van der Waals surface area contributed by atoms with E-state index in [1.165, 1.54) is 16.5 Å². The van der Waals surface area contributed by atoms with E-state index in [1.807, 2.05) is 38.1 Å². The number of ether oxygens (including phenoxy) is 2. The number of carbonyl (C=O) groups is 1. The number of rotatable bonds is 5. The summed E-state index contributed by atoms with van der Waals surface area (Å²) in [6.07, 6.45) is 3.25. The van der Waals surface area contributed by atoms with Crippen molar-refractivity contribution in [2.45, 2.75) is 13.8 Å². The van der Waals surface area contributed by atoms with E-state index in [1.54, 1.807) is 31.6 Å². The maximum atomic E-state index is 11.9. The molecule has 0 fully saturated rings. The lowest BCUT2D eigenvalue weighted by Gasteiger charge is -2.07. The Bertz CT molecular complexity index is 684. The average Bonchev–Trinajstić information content (AvgIpc) is 2.82. The van der Waals surface area contributed by atoms with E-state index < -0.39 is 0 Å². The summed E-state index contributed by atoms with van der Waals surface area (Å²) in [4.78, 5) is 13.1. The first-order valence-electron chi connectivity index (χ1n) is 6.81. The fraction of sp³-hybridized carbons (Fsp3) is 0.235. The Morgan fingerprint density at radius 1 is 1.14 bits per heavy atom. The Labute approximate surface area is 134 Å². The second kappa shape index (κ2) is 7.13. The highest BCUT2D eigenvalue weighted by Gasteiger charge is 2.05. The molecule has 0 saturated heterocycles. The molecule has 116 valence electrons. The average molecular weight is 317 g/mol. The molecule has 0 aliphatic heterocycles. The largest absolute Gasteiger partial charge is 0.493 e. The number of hydrogen-bond acceptors (Lipinski definition) is 4. The van der Waals surface area contributed by atoms with E-state index in [2.05, 4.69) is 5.32 Å². The minimum Gasteiger partial charge on any atom is -0.493 e. The number of carbonyl (C=O) groups excluding carboxylic acids is 1. The molecular formula is C17H19NO3S.